The molecule has 0 saturated carbocycles. The van der Waals surface area contributed by atoms with Crippen LogP contribution in [0.15, 0.2) is 12.1 Å². The maximum Gasteiger partial charge on any atom is 0.271 e. The number of hydrogen-bond acceptors (Lipinski definition) is 4. The molecule has 0 aliphatic carbocycles. The first-order valence-corrected chi connectivity index (χ1v) is 5.62. The summed E-state index contributed by atoms with van der Waals surface area (Å²) in [5, 5.41) is 2.82. The molecule has 0 atom stereocenters. The average molecular weight is 271 g/mol. The summed E-state index contributed by atoms with van der Waals surface area (Å²) in [6, 6.07) is 2.98. The van der Waals surface area contributed by atoms with E-state index in [-0.39, 0.29) is 23.0 Å². The number of aromatic nitrogens is 1. The van der Waals surface area contributed by atoms with Gasteiger partial charge < -0.3 is 16.8 Å². The molecule has 0 fully saturated rings. The van der Waals surface area contributed by atoms with Gasteiger partial charge in [-0.2, -0.15) is 0 Å². The van der Waals surface area contributed by atoms with Crippen LogP contribution < -0.4 is 16.8 Å². The number of nitrogen functional groups attached to an aromatic ring is 1. The van der Waals surface area contributed by atoms with E-state index in [2.05, 4.69) is 10.3 Å². The summed E-state index contributed by atoms with van der Waals surface area (Å²) in [5.74, 6) is -0.817. The SMILES string of the molecule is CC(C)(CC(N)=O)NC(=O)c1nc(N)ccc1Cl. The Morgan fingerprint density at radius 2 is 2.06 bits per heavy atom. The Kier molecular flexibility index (Phi) is 4.13. The molecular formula is C11H15ClN4O2. The van der Waals surface area contributed by atoms with E-state index < -0.39 is 17.4 Å². The van der Waals surface area contributed by atoms with Crippen LogP contribution in [0.2, 0.25) is 5.02 Å². The van der Waals surface area contributed by atoms with E-state index in [4.69, 9.17) is 23.1 Å². The molecule has 7 heteroatoms. The number of carbonyl (C=O) groups excluding carboxylic acids is 2. The van der Waals surface area contributed by atoms with Gasteiger partial charge in [0.15, 0.2) is 0 Å². The van der Waals surface area contributed by atoms with Crippen molar-refractivity contribution < 1.29 is 9.59 Å². The van der Waals surface area contributed by atoms with Crippen molar-refractivity contribution in [1.82, 2.24) is 10.3 Å². The number of nitrogens with two attached hydrogens (primary N) is 2. The zero-order valence-electron chi connectivity index (χ0n) is 10.2. The normalized spacial score (nSPS) is 11.1. The average Bonchev–Trinajstić information content (AvgIpc) is 2.18. The fourth-order valence-electron chi connectivity index (χ4n) is 1.46. The lowest BCUT2D eigenvalue weighted by Crippen LogP contribution is -2.46. The Balaban J connectivity index is 2.88. The van der Waals surface area contributed by atoms with Crippen LogP contribution in [0.5, 0.6) is 0 Å². The highest BCUT2D eigenvalue weighted by Gasteiger charge is 2.25. The number of rotatable bonds is 4. The first-order valence-electron chi connectivity index (χ1n) is 5.24. The number of nitrogens with zero attached hydrogens (tertiary/aromatic N) is 1. The molecule has 0 aliphatic rings. The maximum atomic E-state index is 11.9. The van der Waals surface area contributed by atoms with Crippen LogP contribution in [-0.4, -0.2) is 22.3 Å². The van der Waals surface area contributed by atoms with Crippen molar-refractivity contribution in [2.45, 2.75) is 25.8 Å². The van der Waals surface area contributed by atoms with Crippen LogP contribution in [0.4, 0.5) is 5.82 Å². The molecule has 1 heterocycles. The van der Waals surface area contributed by atoms with Crippen molar-refractivity contribution in [2.75, 3.05) is 5.73 Å². The molecule has 0 unspecified atom stereocenters. The summed E-state index contributed by atoms with van der Waals surface area (Å²) >= 11 is 5.86. The highest BCUT2D eigenvalue weighted by Crippen LogP contribution is 2.17. The van der Waals surface area contributed by atoms with Gasteiger partial charge in [0.05, 0.1) is 5.02 Å². The number of pyridine rings is 1. The second-order valence-electron chi connectivity index (χ2n) is 4.55. The predicted octanol–water partition coefficient (Wildman–Crippen LogP) is 0.701. The van der Waals surface area contributed by atoms with Crippen molar-refractivity contribution >= 4 is 29.2 Å². The molecular weight excluding hydrogens is 256 g/mol. The van der Waals surface area contributed by atoms with E-state index in [9.17, 15) is 9.59 Å². The Bertz CT molecular complexity index is 488. The van der Waals surface area contributed by atoms with E-state index in [1.807, 2.05) is 0 Å². The minimum Gasteiger partial charge on any atom is -0.384 e. The molecule has 0 aromatic carbocycles. The van der Waals surface area contributed by atoms with Crippen LogP contribution in [0, 0.1) is 0 Å². The quantitative estimate of drug-likeness (QED) is 0.748. The molecule has 18 heavy (non-hydrogen) atoms. The van der Waals surface area contributed by atoms with Gasteiger partial charge in [-0.1, -0.05) is 11.6 Å². The molecule has 0 saturated heterocycles. The topological polar surface area (TPSA) is 111 Å². The van der Waals surface area contributed by atoms with Crippen LogP contribution in [0.3, 0.4) is 0 Å². The molecule has 0 radical (unpaired) electrons. The van der Waals surface area contributed by atoms with Gasteiger partial charge in [-0.05, 0) is 26.0 Å². The molecule has 1 aromatic heterocycles. The molecule has 1 rings (SSSR count). The van der Waals surface area contributed by atoms with Crippen molar-refractivity contribution in [3.05, 3.63) is 22.8 Å². The summed E-state index contributed by atoms with van der Waals surface area (Å²) in [6.45, 7) is 3.35. The minimum atomic E-state index is -0.779. The number of primary amides is 1. The van der Waals surface area contributed by atoms with Gasteiger partial charge in [-0.15, -0.1) is 0 Å². The Hall–Kier alpha value is -1.82. The van der Waals surface area contributed by atoms with Crippen molar-refractivity contribution in [3.8, 4) is 0 Å². The lowest BCUT2D eigenvalue weighted by molar-refractivity contribution is -0.119. The molecule has 0 bridgehead atoms. The fourth-order valence-corrected chi connectivity index (χ4v) is 1.65. The lowest BCUT2D eigenvalue weighted by Gasteiger charge is -2.24. The zero-order valence-corrected chi connectivity index (χ0v) is 10.9. The highest BCUT2D eigenvalue weighted by molar-refractivity contribution is 6.33. The van der Waals surface area contributed by atoms with Gasteiger partial charge in [0.2, 0.25) is 5.91 Å². The van der Waals surface area contributed by atoms with Gasteiger partial charge in [0, 0.05) is 12.0 Å². The number of halogens is 1. The smallest absolute Gasteiger partial charge is 0.271 e. The van der Waals surface area contributed by atoms with Crippen LogP contribution in [-0.2, 0) is 4.79 Å². The Morgan fingerprint density at radius 3 is 2.61 bits per heavy atom. The summed E-state index contributed by atoms with van der Waals surface area (Å²) < 4.78 is 0. The van der Waals surface area contributed by atoms with E-state index in [0.717, 1.165) is 0 Å². The standard InChI is InChI=1S/C11H15ClN4O2/c1-11(2,5-8(14)17)16-10(18)9-6(12)3-4-7(13)15-9/h3-4H,5H2,1-2H3,(H2,13,15)(H2,14,17)(H,16,18). The fraction of sp³-hybridized carbons (Fsp3) is 0.364. The predicted molar refractivity (Wildman–Crippen MR) is 69.0 cm³/mol. The summed E-state index contributed by atoms with van der Waals surface area (Å²) in [5.41, 5.74) is 9.82. The number of hydrogen-bond donors (Lipinski definition) is 3. The summed E-state index contributed by atoms with van der Waals surface area (Å²) in [7, 11) is 0. The highest BCUT2D eigenvalue weighted by atomic mass is 35.5. The summed E-state index contributed by atoms with van der Waals surface area (Å²) in [4.78, 5) is 26.7. The Labute approximate surface area is 110 Å². The second kappa shape index (κ2) is 5.22. The van der Waals surface area contributed by atoms with Crippen LogP contribution in [0.25, 0.3) is 0 Å². The first kappa shape index (κ1) is 14.2. The number of carbonyl (C=O) groups is 2. The summed E-state index contributed by atoms with van der Waals surface area (Å²) in [6.07, 6.45) is 0.0126. The molecule has 98 valence electrons. The largest absolute Gasteiger partial charge is 0.384 e. The monoisotopic (exact) mass is 270 g/mol. The van der Waals surface area contributed by atoms with E-state index >= 15 is 0 Å². The number of amides is 2. The zero-order chi connectivity index (χ0) is 13.9. The van der Waals surface area contributed by atoms with Crippen molar-refractivity contribution in [1.29, 1.82) is 0 Å². The van der Waals surface area contributed by atoms with Crippen molar-refractivity contribution in [3.63, 3.8) is 0 Å². The van der Waals surface area contributed by atoms with Gasteiger partial charge in [0.25, 0.3) is 5.91 Å². The third-order valence-electron chi connectivity index (χ3n) is 2.15. The molecule has 0 aliphatic heterocycles. The lowest BCUT2D eigenvalue weighted by atomic mass is 10.00. The van der Waals surface area contributed by atoms with Crippen LogP contribution in [0.1, 0.15) is 30.8 Å². The molecule has 0 spiro atoms. The second-order valence-corrected chi connectivity index (χ2v) is 4.95. The number of anilines is 1. The van der Waals surface area contributed by atoms with Crippen LogP contribution >= 0.6 is 11.6 Å². The Morgan fingerprint density at radius 1 is 1.44 bits per heavy atom. The van der Waals surface area contributed by atoms with Gasteiger partial charge in [-0.3, -0.25) is 9.59 Å². The van der Waals surface area contributed by atoms with Gasteiger partial charge >= 0.3 is 0 Å². The third kappa shape index (κ3) is 3.89. The van der Waals surface area contributed by atoms with E-state index in [1.165, 1.54) is 12.1 Å². The third-order valence-corrected chi connectivity index (χ3v) is 2.46. The maximum absolute atomic E-state index is 11.9. The van der Waals surface area contributed by atoms with E-state index in [1.54, 1.807) is 13.8 Å². The van der Waals surface area contributed by atoms with Gasteiger partial charge in [0.1, 0.15) is 11.5 Å². The molecule has 1 aromatic rings. The molecule has 5 N–H and O–H groups in total. The molecule has 6 nitrogen and oxygen atoms in total. The molecule has 2 amide bonds. The first-order chi connectivity index (χ1) is 8.21. The van der Waals surface area contributed by atoms with Gasteiger partial charge in [-0.25, -0.2) is 4.98 Å². The minimum absolute atomic E-state index is 0.0126. The van der Waals surface area contributed by atoms with Crippen molar-refractivity contribution in [2.24, 2.45) is 5.73 Å². The number of nitrogens with one attached hydrogen (secondary N) is 1. The van der Waals surface area contributed by atoms with E-state index in [0.29, 0.717) is 0 Å².